The molecule has 0 bridgehead atoms. The Kier molecular flexibility index (Phi) is 4.11. The third kappa shape index (κ3) is 3.23. The molecule has 3 rings (SSSR count). The molecule has 1 N–H and O–H groups in total. The van der Waals surface area contributed by atoms with Gasteiger partial charge in [0, 0.05) is 18.9 Å². The quantitative estimate of drug-likeness (QED) is 0.904. The second kappa shape index (κ2) is 5.93. The molecule has 0 aromatic carbocycles. The molecule has 2 aromatic rings. The summed E-state index contributed by atoms with van der Waals surface area (Å²) in [5.41, 5.74) is 1.05. The first-order valence-corrected chi connectivity index (χ1v) is 8.95. The normalized spacial score (nSPS) is 17.6. The molecule has 3 heterocycles. The number of aryl methyl sites for hydroxylation is 1. The van der Waals surface area contributed by atoms with Gasteiger partial charge in [0.1, 0.15) is 4.90 Å². The van der Waals surface area contributed by atoms with E-state index in [4.69, 9.17) is 11.6 Å². The molecule has 7 nitrogen and oxygen atoms in total. The standard InChI is InChI=1S/C14H15ClN4O3S/c1-9-2-3-19-13(4-9)12(8-17-19)14(20)18-23(21,22)11-5-10(15)6-16-7-11/h5-9H,2-4H2,1H3,(H,18,20). The van der Waals surface area contributed by atoms with Crippen LogP contribution in [0.15, 0.2) is 29.6 Å². The molecule has 0 aliphatic carbocycles. The van der Waals surface area contributed by atoms with Crippen molar-refractivity contribution in [3.05, 3.63) is 40.9 Å². The predicted octanol–water partition coefficient (Wildman–Crippen LogP) is 1.63. The van der Waals surface area contributed by atoms with Crippen LogP contribution in [0.4, 0.5) is 0 Å². The molecule has 0 saturated carbocycles. The van der Waals surface area contributed by atoms with Gasteiger partial charge in [-0.25, -0.2) is 13.1 Å². The van der Waals surface area contributed by atoms with Crippen molar-refractivity contribution < 1.29 is 13.2 Å². The van der Waals surface area contributed by atoms with E-state index in [1.807, 2.05) is 4.72 Å². The molecule has 1 amide bonds. The molecule has 0 fully saturated rings. The summed E-state index contributed by atoms with van der Waals surface area (Å²) in [6.45, 7) is 2.82. The first-order chi connectivity index (χ1) is 10.9. The van der Waals surface area contributed by atoms with Crippen LogP contribution in [0.3, 0.4) is 0 Å². The molecule has 0 spiro atoms. The number of carbonyl (C=O) groups excluding carboxylic acids is 1. The van der Waals surface area contributed by atoms with Crippen molar-refractivity contribution in [3.8, 4) is 0 Å². The Bertz CT molecular complexity index is 863. The van der Waals surface area contributed by atoms with E-state index in [0.29, 0.717) is 12.3 Å². The summed E-state index contributed by atoms with van der Waals surface area (Å²) in [6.07, 6.45) is 5.55. The highest BCUT2D eigenvalue weighted by Crippen LogP contribution is 2.23. The minimum absolute atomic E-state index is 0.159. The maximum Gasteiger partial charge on any atom is 0.268 e. The minimum atomic E-state index is -4.03. The summed E-state index contributed by atoms with van der Waals surface area (Å²) in [5, 5.41) is 4.33. The highest BCUT2D eigenvalue weighted by molar-refractivity contribution is 7.90. The number of rotatable bonds is 3. The van der Waals surface area contributed by atoms with E-state index >= 15 is 0 Å². The number of pyridine rings is 1. The Morgan fingerprint density at radius 3 is 2.91 bits per heavy atom. The summed E-state index contributed by atoms with van der Waals surface area (Å²) in [6, 6.07) is 1.24. The zero-order valence-corrected chi connectivity index (χ0v) is 13.9. The van der Waals surface area contributed by atoms with E-state index in [1.54, 1.807) is 4.68 Å². The van der Waals surface area contributed by atoms with Crippen LogP contribution >= 0.6 is 11.6 Å². The van der Waals surface area contributed by atoms with Gasteiger partial charge < -0.3 is 0 Å². The van der Waals surface area contributed by atoms with E-state index in [1.165, 1.54) is 18.5 Å². The smallest absolute Gasteiger partial charge is 0.268 e. The van der Waals surface area contributed by atoms with Crippen LogP contribution in [0.5, 0.6) is 0 Å². The Morgan fingerprint density at radius 1 is 1.39 bits per heavy atom. The highest BCUT2D eigenvalue weighted by Gasteiger charge is 2.26. The average molecular weight is 355 g/mol. The van der Waals surface area contributed by atoms with Gasteiger partial charge in [-0.05, 0) is 24.8 Å². The van der Waals surface area contributed by atoms with Gasteiger partial charge in [0.05, 0.1) is 22.5 Å². The van der Waals surface area contributed by atoms with Gasteiger partial charge >= 0.3 is 0 Å². The molecular weight excluding hydrogens is 340 g/mol. The predicted molar refractivity (Wildman–Crippen MR) is 83.6 cm³/mol. The second-order valence-electron chi connectivity index (χ2n) is 5.60. The van der Waals surface area contributed by atoms with Crippen LogP contribution in [-0.2, 0) is 23.0 Å². The topological polar surface area (TPSA) is 94.0 Å². The van der Waals surface area contributed by atoms with Crippen LogP contribution in [0.25, 0.3) is 0 Å². The zero-order chi connectivity index (χ0) is 16.6. The van der Waals surface area contributed by atoms with Crippen molar-refractivity contribution in [2.75, 3.05) is 0 Å². The van der Waals surface area contributed by atoms with Crippen molar-refractivity contribution >= 4 is 27.5 Å². The maximum absolute atomic E-state index is 12.4. The second-order valence-corrected chi connectivity index (χ2v) is 7.72. The van der Waals surface area contributed by atoms with Crippen LogP contribution in [-0.4, -0.2) is 29.1 Å². The van der Waals surface area contributed by atoms with E-state index in [0.717, 1.165) is 24.9 Å². The molecule has 0 saturated heterocycles. The lowest BCUT2D eigenvalue weighted by molar-refractivity contribution is 0.0979. The minimum Gasteiger partial charge on any atom is -0.269 e. The number of nitrogens with zero attached hydrogens (tertiary/aromatic N) is 3. The number of nitrogens with one attached hydrogen (secondary N) is 1. The Hall–Kier alpha value is -1.93. The lowest BCUT2D eigenvalue weighted by atomic mass is 9.96. The summed E-state index contributed by atoms with van der Waals surface area (Å²) in [5.74, 6) is -0.264. The van der Waals surface area contributed by atoms with Crippen molar-refractivity contribution in [2.24, 2.45) is 5.92 Å². The summed E-state index contributed by atoms with van der Waals surface area (Å²) >= 11 is 5.74. The number of halogens is 1. The monoisotopic (exact) mass is 354 g/mol. The first-order valence-electron chi connectivity index (χ1n) is 7.09. The Balaban J connectivity index is 1.86. The number of fused-ring (bicyclic) bond motifs is 1. The fourth-order valence-electron chi connectivity index (χ4n) is 2.56. The molecular formula is C14H15ClN4O3S. The number of carbonyl (C=O) groups is 1. The molecule has 1 aliphatic heterocycles. The van der Waals surface area contributed by atoms with Crippen LogP contribution in [0, 0.1) is 5.92 Å². The number of sulfonamides is 1. The lowest BCUT2D eigenvalue weighted by Crippen LogP contribution is -2.32. The molecule has 1 unspecified atom stereocenters. The van der Waals surface area contributed by atoms with Gasteiger partial charge in [0.15, 0.2) is 0 Å². The third-order valence-electron chi connectivity index (χ3n) is 3.79. The Labute approximate surface area is 138 Å². The summed E-state index contributed by atoms with van der Waals surface area (Å²) < 4.78 is 28.3. The molecule has 23 heavy (non-hydrogen) atoms. The SMILES string of the molecule is CC1CCn2ncc(C(=O)NS(=O)(=O)c3cncc(Cl)c3)c2C1. The lowest BCUT2D eigenvalue weighted by Gasteiger charge is -2.20. The van der Waals surface area contributed by atoms with E-state index in [2.05, 4.69) is 17.0 Å². The van der Waals surface area contributed by atoms with Crippen LogP contribution in [0.2, 0.25) is 5.02 Å². The summed E-state index contributed by atoms with van der Waals surface area (Å²) in [7, 11) is -4.03. The Morgan fingerprint density at radius 2 is 2.17 bits per heavy atom. The largest absolute Gasteiger partial charge is 0.269 e. The number of hydrogen-bond acceptors (Lipinski definition) is 5. The molecule has 2 aromatic heterocycles. The molecule has 9 heteroatoms. The maximum atomic E-state index is 12.4. The van der Waals surface area contributed by atoms with E-state index < -0.39 is 15.9 Å². The van der Waals surface area contributed by atoms with Crippen LogP contribution < -0.4 is 4.72 Å². The van der Waals surface area contributed by atoms with E-state index in [9.17, 15) is 13.2 Å². The van der Waals surface area contributed by atoms with Gasteiger partial charge in [0.2, 0.25) is 0 Å². The van der Waals surface area contributed by atoms with Crippen molar-refractivity contribution in [1.29, 1.82) is 0 Å². The third-order valence-corrected chi connectivity index (χ3v) is 5.29. The van der Waals surface area contributed by atoms with Gasteiger partial charge in [-0.1, -0.05) is 18.5 Å². The first kappa shape index (κ1) is 15.9. The number of amides is 1. The molecule has 1 aliphatic rings. The van der Waals surface area contributed by atoms with Crippen molar-refractivity contribution in [2.45, 2.75) is 31.2 Å². The van der Waals surface area contributed by atoms with Crippen LogP contribution in [0.1, 0.15) is 29.4 Å². The molecule has 1 atom stereocenters. The van der Waals surface area contributed by atoms with Crippen molar-refractivity contribution in [1.82, 2.24) is 19.5 Å². The number of hydrogen-bond donors (Lipinski definition) is 1. The fourth-order valence-corrected chi connectivity index (χ4v) is 3.75. The molecule has 0 radical (unpaired) electrons. The fraction of sp³-hybridized carbons (Fsp3) is 0.357. The van der Waals surface area contributed by atoms with Gasteiger partial charge in [-0.15, -0.1) is 0 Å². The zero-order valence-electron chi connectivity index (χ0n) is 12.4. The van der Waals surface area contributed by atoms with Gasteiger partial charge in [0.25, 0.3) is 15.9 Å². The molecule has 122 valence electrons. The van der Waals surface area contributed by atoms with Gasteiger partial charge in [-0.2, -0.15) is 5.10 Å². The van der Waals surface area contributed by atoms with Gasteiger partial charge in [-0.3, -0.25) is 14.5 Å². The number of aromatic nitrogens is 3. The van der Waals surface area contributed by atoms with Crippen molar-refractivity contribution in [3.63, 3.8) is 0 Å². The summed E-state index contributed by atoms with van der Waals surface area (Å²) in [4.78, 5) is 15.9. The average Bonchev–Trinajstić information content (AvgIpc) is 2.90. The van der Waals surface area contributed by atoms with E-state index in [-0.39, 0.29) is 15.5 Å². The highest BCUT2D eigenvalue weighted by atomic mass is 35.5.